The van der Waals surface area contributed by atoms with Gasteiger partial charge in [-0.2, -0.15) is 0 Å². The van der Waals surface area contributed by atoms with Gasteiger partial charge in [-0.1, -0.05) is 18.2 Å². The topological polar surface area (TPSA) is 53.9 Å². The molecule has 0 spiro atoms. The Kier molecular flexibility index (Phi) is 4.18. The van der Waals surface area contributed by atoms with Crippen LogP contribution in [0.1, 0.15) is 19.5 Å². The van der Waals surface area contributed by atoms with Crippen molar-refractivity contribution in [2.24, 2.45) is 0 Å². The van der Waals surface area contributed by atoms with Crippen molar-refractivity contribution in [1.82, 2.24) is 14.8 Å². The molecule has 0 fully saturated rings. The van der Waals surface area contributed by atoms with E-state index < -0.39 is 0 Å². The number of aromatic nitrogens is 3. The number of H-pyrrole nitrogens is 1. The number of nitrogens with one attached hydrogen (secondary N) is 1. The third-order valence-corrected chi connectivity index (χ3v) is 4.99. The van der Waals surface area contributed by atoms with E-state index in [1.165, 1.54) is 10.7 Å². The molecule has 2 aromatic carbocycles. The molecule has 0 saturated heterocycles. The molecule has 0 unspecified atom stereocenters. The van der Waals surface area contributed by atoms with E-state index in [1.807, 2.05) is 56.0 Å². The molecule has 4 aromatic rings. The van der Waals surface area contributed by atoms with Crippen molar-refractivity contribution in [2.45, 2.75) is 20.8 Å². The average molecular weight is 364 g/mol. The van der Waals surface area contributed by atoms with E-state index in [4.69, 9.17) is 0 Å². The number of hydrogen-bond donors (Lipinski definition) is 1. The Morgan fingerprint density at radius 2 is 1.85 bits per heavy atom. The van der Waals surface area contributed by atoms with Crippen LogP contribution >= 0.6 is 0 Å². The Labute approximate surface area is 156 Å². The van der Waals surface area contributed by atoms with Gasteiger partial charge in [0.2, 0.25) is 0 Å². The summed E-state index contributed by atoms with van der Waals surface area (Å²) in [6, 6.07) is 12.6. The molecule has 2 aromatic heterocycles. The monoisotopic (exact) mass is 364 g/mol. The number of aromatic amines is 1. The number of anilines is 1. The van der Waals surface area contributed by atoms with Gasteiger partial charge in [-0.15, -0.1) is 0 Å². The van der Waals surface area contributed by atoms with E-state index in [2.05, 4.69) is 10.1 Å². The van der Waals surface area contributed by atoms with Gasteiger partial charge >= 0.3 is 0 Å². The zero-order valence-corrected chi connectivity index (χ0v) is 15.6. The van der Waals surface area contributed by atoms with E-state index in [1.54, 1.807) is 6.07 Å². The largest absolute Gasteiger partial charge is 0.370 e. The normalized spacial score (nSPS) is 11.4. The number of rotatable bonds is 4. The Morgan fingerprint density at radius 1 is 1.15 bits per heavy atom. The van der Waals surface area contributed by atoms with Gasteiger partial charge in [-0.25, -0.2) is 9.07 Å². The Balaban J connectivity index is 2.04. The lowest BCUT2D eigenvalue weighted by molar-refractivity contribution is 0.622. The van der Waals surface area contributed by atoms with Gasteiger partial charge in [-0.3, -0.25) is 14.9 Å². The second-order valence-corrected chi connectivity index (χ2v) is 6.53. The number of hydrogen-bond acceptors (Lipinski definition) is 3. The second kappa shape index (κ2) is 6.54. The van der Waals surface area contributed by atoms with Crippen molar-refractivity contribution < 1.29 is 4.39 Å². The highest BCUT2D eigenvalue weighted by Crippen LogP contribution is 2.29. The third-order valence-electron chi connectivity index (χ3n) is 4.99. The lowest BCUT2D eigenvalue weighted by Crippen LogP contribution is -2.23. The summed E-state index contributed by atoms with van der Waals surface area (Å²) in [6.07, 6.45) is 0. The smallest absolute Gasteiger partial charge is 0.280 e. The predicted octanol–water partition coefficient (Wildman–Crippen LogP) is 4.16. The van der Waals surface area contributed by atoms with E-state index in [9.17, 15) is 9.18 Å². The molecule has 6 heteroatoms. The maximum absolute atomic E-state index is 14.8. The highest BCUT2D eigenvalue weighted by molar-refractivity contribution is 6.05. The van der Waals surface area contributed by atoms with Crippen molar-refractivity contribution in [3.63, 3.8) is 0 Å². The Morgan fingerprint density at radius 3 is 2.52 bits per heavy atom. The number of aryl methyl sites for hydroxylation is 1. The van der Waals surface area contributed by atoms with Gasteiger partial charge in [0, 0.05) is 18.5 Å². The molecular weight excluding hydrogens is 343 g/mol. The van der Waals surface area contributed by atoms with Crippen LogP contribution in [0, 0.1) is 12.7 Å². The summed E-state index contributed by atoms with van der Waals surface area (Å²) in [6.45, 7) is 7.22. The summed E-state index contributed by atoms with van der Waals surface area (Å²) in [4.78, 5) is 19.5. The van der Waals surface area contributed by atoms with Gasteiger partial charge < -0.3 is 4.90 Å². The molecule has 0 aliphatic rings. The molecule has 5 nitrogen and oxygen atoms in total. The molecule has 0 bridgehead atoms. The molecule has 0 aliphatic carbocycles. The van der Waals surface area contributed by atoms with Gasteiger partial charge in [0.15, 0.2) is 0 Å². The molecule has 27 heavy (non-hydrogen) atoms. The fourth-order valence-corrected chi connectivity index (χ4v) is 3.61. The predicted molar refractivity (Wildman–Crippen MR) is 107 cm³/mol. The van der Waals surface area contributed by atoms with Gasteiger partial charge in [-0.05, 0) is 45.0 Å². The number of pyridine rings is 1. The summed E-state index contributed by atoms with van der Waals surface area (Å²) in [5.74, 6) is -0.313. The number of benzene rings is 2. The fourth-order valence-electron chi connectivity index (χ4n) is 3.61. The summed E-state index contributed by atoms with van der Waals surface area (Å²) >= 11 is 0. The highest BCUT2D eigenvalue weighted by atomic mass is 19.1. The van der Waals surface area contributed by atoms with Crippen LogP contribution in [0.2, 0.25) is 0 Å². The van der Waals surface area contributed by atoms with Crippen molar-refractivity contribution in [3.05, 3.63) is 64.3 Å². The van der Waals surface area contributed by atoms with Gasteiger partial charge in [0.05, 0.1) is 33.5 Å². The molecule has 2 heterocycles. The van der Waals surface area contributed by atoms with Crippen molar-refractivity contribution in [2.75, 3.05) is 18.0 Å². The molecule has 0 amide bonds. The van der Waals surface area contributed by atoms with Crippen molar-refractivity contribution in [3.8, 4) is 5.69 Å². The minimum Gasteiger partial charge on any atom is -0.370 e. The van der Waals surface area contributed by atoms with Crippen molar-refractivity contribution in [1.29, 1.82) is 0 Å². The Bertz CT molecular complexity index is 1190. The van der Waals surface area contributed by atoms with Crippen LogP contribution in [0.3, 0.4) is 0 Å². The molecule has 0 saturated carbocycles. The van der Waals surface area contributed by atoms with Crippen molar-refractivity contribution >= 4 is 27.5 Å². The maximum Gasteiger partial charge on any atom is 0.280 e. The SMILES string of the molecule is CCN(CC)c1cc2nc(C)c3c(=O)n(-c4ccccc4)[nH]c3c2cc1F. The van der Waals surface area contributed by atoms with E-state index >= 15 is 0 Å². The van der Waals surface area contributed by atoms with Crippen LogP contribution in [-0.4, -0.2) is 27.9 Å². The van der Waals surface area contributed by atoms with E-state index in [-0.39, 0.29) is 11.4 Å². The summed E-state index contributed by atoms with van der Waals surface area (Å²) in [5, 5.41) is 4.25. The third kappa shape index (κ3) is 2.68. The number of halogens is 1. The van der Waals surface area contributed by atoms with Crippen LogP contribution < -0.4 is 10.5 Å². The van der Waals surface area contributed by atoms with Crippen LogP contribution in [0.25, 0.3) is 27.5 Å². The lowest BCUT2D eigenvalue weighted by Gasteiger charge is -2.22. The lowest BCUT2D eigenvalue weighted by atomic mass is 10.1. The highest BCUT2D eigenvalue weighted by Gasteiger charge is 2.18. The standard InChI is InChI=1S/C21H21FN4O/c1-4-25(5-2)18-12-17-15(11-16(18)22)20-19(13(3)23-17)21(27)26(24-20)14-9-7-6-8-10-14/h6-12,24H,4-5H2,1-3H3. The van der Waals surface area contributed by atoms with E-state index in [0.717, 1.165) is 5.69 Å². The molecule has 4 rings (SSSR count). The Hall–Kier alpha value is -3.15. The van der Waals surface area contributed by atoms with Crippen LogP contribution in [0.5, 0.6) is 0 Å². The number of nitrogens with zero attached hydrogens (tertiary/aromatic N) is 3. The molecule has 0 aliphatic heterocycles. The molecular formula is C21H21FN4O. The first kappa shape index (κ1) is 17.3. The number of para-hydroxylation sites is 1. The van der Waals surface area contributed by atoms with Crippen LogP contribution in [0.15, 0.2) is 47.3 Å². The van der Waals surface area contributed by atoms with Crippen LogP contribution in [0.4, 0.5) is 10.1 Å². The maximum atomic E-state index is 14.8. The minimum atomic E-state index is -0.313. The second-order valence-electron chi connectivity index (χ2n) is 6.53. The first-order chi connectivity index (χ1) is 13.0. The van der Waals surface area contributed by atoms with E-state index in [0.29, 0.717) is 46.3 Å². The van der Waals surface area contributed by atoms with Gasteiger partial charge in [0.25, 0.3) is 5.56 Å². The van der Waals surface area contributed by atoms with Crippen LogP contribution in [-0.2, 0) is 0 Å². The summed E-state index contributed by atoms with van der Waals surface area (Å²) in [5.41, 5.74) is 2.98. The first-order valence-electron chi connectivity index (χ1n) is 9.10. The summed E-state index contributed by atoms with van der Waals surface area (Å²) < 4.78 is 16.3. The zero-order chi connectivity index (χ0) is 19.1. The molecule has 1 N–H and O–H groups in total. The minimum absolute atomic E-state index is 0.184. The zero-order valence-electron chi connectivity index (χ0n) is 15.6. The average Bonchev–Trinajstić information content (AvgIpc) is 3.03. The molecule has 0 radical (unpaired) electrons. The number of fused-ring (bicyclic) bond motifs is 3. The first-order valence-corrected chi connectivity index (χ1v) is 9.10. The summed E-state index contributed by atoms with van der Waals surface area (Å²) in [7, 11) is 0. The van der Waals surface area contributed by atoms with Gasteiger partial charge in [0.1, 0.15) is 5.82 Å². The fraction of sp³-hybridized carbons (Fsp3) is 0.238. The molecule has 138 valence electrons. The molecule has 0 atom stereocenters. The quantitative estimate of drug-likeness (QED) is 0.592.